The summed E-state index contributed by atoms with van der Waals surface area (Å²) in [6, 6.07) is 21.2. The molecule has 2 rings (SSSR count). The van der Waals surface area contributed by atoms with Crippen molar-refractivity contribution in [3.8, 4) is 0 Å². The summed E-state index contributed by atoms with van der Waals surface area (Å²) in [6.07, 6.45) is 0.987. The Hall–Kier alpha value is -1.64. The predicted octanol–water partition coefficient (Wildman–Crippen LogP) is 2.89. The molecule has 0 saturated carbocycles. The van der Waals surface area contributed by atoms with Gasteiger partial charge in [-0.15, -0.1) is 0 Å². The molecule has 0 fully saturated rings. The lowest BCUT2D eigenvalue weighted by molar-refractivity contribution is 0.392. The zero-order chi connectivity index (χ0) is 13.6. The lowest BCUT2D eigenvalue weighted by Crippen LogP contribution is -2.45. The van der Waals surface area contributed by atoms with Crippen LogP contribution in [-0.2, 0) is 5.54 Å². The molecule has 0 aliphatic carbocycles. The predicted molar refractivity (Wildman–Crippen MR) is 81.0 cm³/mol. The monoisotopic (exact) mass is 254 g/mol. The van der Waals surface area contributed by atoms with Crippen LogP contribution in [0, 0.1) is 0 Å². The van der Waals surface area contributed by atoms with Crippen LogP contribution >= 0.6 is 0 Å². The van der Waals surface area contributed by atoms with E-state index in [-0.39, 0.29) is 5.54 Å². The number of benzene rings is 2. The average molecular weight is 254 g/mol. The number of nitrogens with one attached hydrogen (secondary N) is 1. The Morgan fingerprint density at radius 3 is 1.74 bits per heavy atom. The third-order valence-corrected chi connectivity index (χ3v) is 3.63. The molecule has 0 heterocycles. The van der Waals surface area contributed by atoms with Crippen molar-refractivity contribution in [3.05, 3.63) is 71.8 Å². The number of hydrogen-bond donors (Lipinski definition) is 2. The van der Waals surface area contributed by atoms with Crippen LogP contribution in [0.1, 0.15) is 24.5 Å². The topological polar surface area (TPSA) is 38.0 Å². The molecular formula is C17H22N2. The molecule has 3 N–H and O–H groups in total. The first-order valence-electron chi connectivity index (χ1n) is 6.89. The number of rotatable bonds is 6. The van der Waals surface area contributed by atoms with Crippen LogP contribution < -0.4 is 11.1 Å². The highest BCUT2D eigenvalue weighted by Gasteiger charge is 2.31. The van der Waals surface area contributed by atoms with Gasteiger partial charge in [-0.05, 0) is 17.5 Å². The normalized spacial score (nSPS) is 11.5. The molecule has 100 valence electrons. The molecular weight excluding hydrogens is 232 g/mol. The Morgan fingerprint density at radius 2 is 1.37 bits per heavy atom. The SMILES string of the molecule is CCC(NCCN)(c1ccccc1)c1ccccc1. The van der Waals surface area contributed by atoms with Crippen molar-refractivity contribution in [2.24, 2.45) is 5.73 Å². The second-order valence-electron chi connectivity index (χ2n) is 4.71. The lowest BCUT2D eigenvalue weighted by atomic mass is 9.80. The Kier molecular flexibility index (Phi) is 4.72. The minimum Gasteiger partial charge on any atom is -0.329 e. The van der Waals surface area contributed by atoms with E-state index in [1.807, 2.05) is 0 Å². The van der Waals surface area contributed by atoms with Crippen LogP contribution in [0.3, 0.4) is 0 Å². The zero-order valence-electron chi connectivity index (χ0n) is 11.5. The number of nitrogens with two attached hydrogens (primary N) is 1. The summed E-state index contributed by atoms with van der Waals surface area (Å²) in [6.45, 7) is 3.66. The van der Waals surface area contributed by atoms with Gasteiger partial charge in [0.1, 0.15) is 0 Å². The van der Waals surface area contributed by atoms with Crippen LogP contribution in [0.2, 0.25) is 0 Å². The molecule has 0 radical (unpaired) electrons. The Balaban J connectivity index is 2.48. The summed E-state index contributed by atoms with van der Waals surface area (Å²) in [7, 11) is 0. The summed E-state index contributed by atoms with van der Waals surface area (Å²) in [5.41, 5.74) is 8.11. The molecule has 0 aliphatic heterocycles. The van der Waals surface area contributed by atoms with E-state index in [2.05, 4.69) is 72.9 Å². The van der Waals surface area contributed by atoms with Crippen molar-refractivity contribution in [3.63, 3.8) is 0 Å². The van der Waals surface area contributed by atoms with Crippen molar-refractivity contribution in [2.75, 3.05) is 13.1 Å². The Morgan fingerprint density at radius 1 is 0.895 bits per heavy atom. The second-order valence-corrected chi connectivity index (χ2v) is 4.71. The van der Waals surface area contributed by atoms with Crippen molar-refractivity contribution in [1.29, 1.82) is 0 Å². The van der Waals surface area contributed by atoms with Gasteiger partial charge in [-0.25, -0.2) is 0 Å². The molecule has 2 nitrogen and oxygen atoms in total. The summed E-state index contributed by atoms with van der Waals surface area (Å²) < 4.78 is 0. The molecule has 0 amide bonds. The van der Waals surface area contributed by atoms with Crippen molar-refractivity contribution in [1.82, 2.24) is 5.32 Å². The van der Waals surface area contributed by atoms with E-state index in [0.29, 0.717) is 6.54 Å². The molecule has 0 atom stereocenters. The molecule has 0 spiro atoms. The van der Waals surface area contributed by atoms with E-state index >= 15 is 0 Å². The highest BCUT2D eigenvalue weighted by Crippen LogP contribution is 2.32. The maximum Gasteiger partial charge on any atom is 0.0688 e. The minimum absolute atomic E-state index is 0.151. The fourth-order valence-electron chi connectivity index (χ4n) is 2.63. The third kappa shape index (κ3) is 2.86. The van der Waals surface area contributed by atoms with Crippen LogP contribution in [-0.4, -0.2) is 13.1 Å². The quantitative estimate of drug-likeness (QED) is 0.832. The molecule has 2 heteroatoms. The number of hydrogen-bond acceptors (Lipinski definition) is 2. The highest BCUT2D eigenvalue weighted by molar-refractivity contribution is 5.38. The first-order chi connectivity index (χ1) is 9.33. The summed E-state index contributed by atoms with van der Waals surface area (Å²) in [5.74, 6) is 0. The van der Waals surface area contributed by atoms with E-state index in [9.17, 15) is 0 Å². The molecule has 2 aromatic carbocycles. The maximum absolute atomic E-state index is 5.68. The Bertz CT molecular complexity index is 440. The van der Waals surface area contributed by atoms with Crippen LogP contribution in [0.15, 0.2) is 60.7 Å². The van der Waals surface area contributed by atoms with Gasteiger partial charge >= 0.3 is 0 Å². The van der Waals surface area contributed by atoms with E-state index in [4.69, 9.17) is 5.73 Å². The van der Waals surface area contributed by atoms with Gasteiger partial charge in [0.05, 0.1) is 5.54 Å². The van der Waals surface area contributed by atoms with E-state index < -0.39 is 0 Å². The van der Waals surface area contributed by atoms with Crippen molar-refractivity contribution < 1.29 is 0 Å². The fourth-order valence-corrected chi connectivity index (χ4v) is 2.63. The van der Waals surface area contributed by atoms with Gasteiger partial charge in [-0.1, -0.05) is 67.6 Å². The van der Waals surface area contributed by atoms with E-state index in [1.165, 1.54) is 11.1 Å². The van der Waals surface area contributed by atoms with Crippen molar-refractivity contribution in [2.45, 2.75) is 18.9 Å². The third-order valence-electron chi connectivity index (χ3n) is 3.63. The van der Waals surface area contributed by atoms with Gasteiger partial charge < -0.3 is 11.1 Å². The minimum atomic E-state index is -0.151. The molecule has 0 aliphatic rings. The highest BCUT2D eigenvalue weighted by atomic mass is 15.0. The summed E-state index contributed by atoms with van der Waals surface area (Å²) >= 11 is 0. The molecule has 2 aromatic rings. The molecule has 0 unspecified atom stereocenters. The molecule has 19 heavy (non-hydrogen) atoms. The maximum atomic E-state index is 5.68. The van der Waals surface area contributed by atoms with E-state index in [1.54, 1.807) is 0 Å². The van der Waals surface area contributed by atoms with Gasteiger partial charge in [0.25, 0.3) is 0 Å². The molecule has 0 aromatic heterocycles. The average Bonchev–Trinajstić information content (AvgIpc) is 2.51. The van der Waals surface area contributed by atoms with Gasteiger partial charge in [-0.3, -0.25) is 0 Å². The largest absolute Gasteiger partial charge is 0.329 e. The first kappa shape index (κ1) is 13.8. The van der Waals surface area contributed by atoms with Crippen LogP contribution in [0.5, 0.6) is 0 Å². The molecule has 0 bridgehead atoms. The standard InChI is InChI=1S/C17H22N2/c1-2-17(19-14-13-18,15-9-5-3-6-10-15)16-11-7-4-8-12-16/h3-12,19H,2,13-14,18H2,1H3. The first-order valence-corrected chi connectivity index (χ1v) is 6.89. The van der Waals surface area contributed by atoms with Gasteiger partial charge in [0.2, 0.25) is 0 Å². The van der Waals surface area contributed by atoms with Crippen LogP contribution in [0.4, 0.5) is 0 Å². The van der Waals surface area contributed by atoms with Crippen molar-refractivity contribution >= 4 is 0 Å². The Labute approximate surface area is 115 Å². The fraction of sp³-hybridized carbons (Fsp3) is 0.294. The molecule has 0 saturated heterocycles. The van der Waals surface area contributed by atoms with Gasteiger partial charge in [-0.2, -0.15) is 0 Å². The smallest absolute Gasteiger partial charge is 0.0688 e. The summed E-state index contributed by atoms with van der Waals surface area (Å²) in [4.78, 5) is 0. The van der Waals surface area contributed by atoms with Gasteiger partial charge in [0, 0.05) is 13.1 Å². The summed E-state index contributed by atoms with van der Waals surface area (Å²) in [5, 5.41) is 3.64. The second kappa shape index (κ2) is 6.50. The van der Waals surface area contributed by atoms with Gasteiger partial charge in [0.15, 0.2) is 0 Å². The van der Waals surface area contributed by atoms with E-state index in [0.717, 1.165) is 13.0 Å². The van der Waals surface area contributed by atoms with Crippen LogP contribution in [0.25, 0.3) is 0 Å². The zero-order valence-corrected chi connectivity index (χ0v) is 11.5. The lowest BCUT2D eigenvalue weighted by Gasteiger charge is -2.35.